The first-order valence-corrected chi connectivity index (χ1v) is 8.98. The molecular weight excluding hydrogens is 348 g/mol. The molecule has 2 aliphatic rings. The van der Waals surface area contributed by atoms with E-state index < -0.39 is 12.0 Å². The summed E-state index contributed by atoms with van der Waals surface area (Å²) in [7, 11) is 1.61. The molecule has 2 aromatic rings. The number of methoxy groups -OCH3 is 1. The van der Waals surface area contributed by atoms with Gasteiger partial charge in [-0.2, -0.15) is 10.1 Å². The molecule has 0 aliphatic carbocycles. The van der Waals surface area contributed by atoms with Crippen LogP contribution in [-0.4, -0.2) is 47.2 Å². The molecule has 0 amide bonds. The molecule has 2 aliphatic heterocycles. The van der Waals surface area contributed by atoms with Crippen molar-refractivity contribution in [2.24, 2.45) is 0 Å². The van der Waals surface area contributed by atoms with Gasteiger partial charge in [0.05, 0.1) is 18.8 Å². The Labute approximate surface area is 157 Å². The van der Waals surface area contributed by atoms with Gasteiger partial charge in [-0.3, -0.25) is 0 Å². The number of aromatic nitrogens is 3. The fraction of sp³-hybridized carbons (Fsp3) is 0.421. The van der Waals surface area contributed by atoms with Gasteiger partial charge in [0.2, 0.25) is 5.95 Å². The van der Waals surface area contributed by atoms with Crippen LogP contribution in [0.15, 0.2) is 41.9 Å². The average Bonchev–Trinajstić information content (AvgIpc) is 3.36. The monoisotopic (exact) mass is 370 g/mol. The van der Waals surface area contributed by atoms with Crippen LogP contribution < -0.4 is 10.1 Å². The maximum absolute atomic E-state index is 13.0. The van der Waals surface area contributed by atoms with E-state index in [9.17, 15) is 4.79 Å². The number of carbonyl (C=O) groups is 1. The number of esters is 1. The van der Waals surface area contributed by atoms with Crippen LogP contribution in [0.25, 0.3) is 0 Å². The zero-order chi connectivity index (χ0) is 18.8. The summed E-state index contributed by atoms with van der Waals surface area (Å²) in [5, 5.41) is 7.45. The van der Waals surface area contributed by atoms with Gasteiger partial charge in [0.25, 0.3) is 0 Å². The van der Waals surface area contributed by atoms with E-state index in [-0.39, 0.29) is 12.7 Å². The van der Waals surface area contributed by atoms with Crippen molar-refractivity contribution >= 4 is 11.9 Å². The number of fused-ring (bicyclic) bond motifs is 1. The van der Waals surface area contributed by atoms with E-state index >= 15 is 0 Å². The van der Waals surface area contributed by atoms with Crippen molar-refractivity contribution in [2.45, 2.75) is 31.9 Å². The molecule has 142 valence electrons. The van der Waals surface area contributed by atoms with Crippen molar-refractivity contribution in [3.8, 4) is 5.75 Å². The molecule has 0 spiro atoms. The van der Waals surface area contributed by atoms with Gasteiger partial charge in [-0.05, 0) is 25.8 Å². The average molecular weight is 370 g/mol. The summed E-state index contributed by atoms with van der Waals surface area (Å²) in [6, 6.07) is 7.08. The van der Waals surface area contributed by atoms with E-state index in [0.29, 0.717) is 23.0 Å². The highest BCUT2D eigenvalue weighted by Crippen LogP contribution is 2.39. The zero-order valence-corrected chi connectivity index (χ0v) is 15.3. The van der Waals surface area contributed by atoms with Gasteiger partial charge in [0.15, 0.2) is 0 Å². The predicted octanol–water partition coefficient (Wildman–Crippen LogP) is 2.30. The normalized spacial score (nSPS) is 21.6. The quantitative estimate of drug-likeness (QED) is 0.808. The molecule has 0 radical (unpaired) electrons. The summed E-state index contributed by atoms with van der Waals surface area (Å²) in [6.45, 7) is 2.80. The van der Waals surface area contributed by atoms with Crippen molar-refractivity contribution in [1.82, 2.24) is 14.8 Å². The molecule has 0 saturated carbocycles. The Morgan fingerprint density at radius 1 is 1.41 bits per heavy atom. The number of nitrogens with one attached hydrogen (secondary N) is 1. The van der Waals surface area contributed by atoms with Crippen LogP contribution in [0.4, 0.5) is 5.95 Å². The Kier molecular flexibility index (Phi) is 4.81. The third-order valence-corrected chi connectivity index (χ3v) is 4.87. The SMILES string of the molecule is COc1ccccc1[C@H]1C(C(=O)OC[C@@H]2CCCO2)=C(C)Nc2ncnn21. The number of allylic oxidation sites excluding steroid dienone is 1. The van der Waals surface area contributed by atoms with Crippen LogP contribution >= 0.6 is 0 Å². The van der Waals surface area contributed by atoms with Crippen molar-refractivity contribution < 1.29 is 19.0 Å². The van der Waals surface area contributed by atoms with Gasteiger partial charge in [-0.15, -0.1) is 0 Å². The summed E-state index contributed by atoms with van der Waals surface area (Å²) in [6.07, 6.45) is 3.33. The standard InChI is InChI=1S/C19H22N4O4/c1-12-16(18(24)27-10-13-6-5-9-26-13)17(23-19(22-12)20-11-21-23)14-7-3-4-8-15(14)25-2/h3-4,7-8,11,13,17H,5-6,9-10H2,1-2H3,(H,20,21,22)/t13-,17-/m0/s1. The Morgan fingerprint density at radius 3 is 3.04 bits per heavy atom. The largest absolute Gasteiger partial charge is 0.496 e. The van der Waals surface area contributed by atoms with Crippen LogP contribution in [0.2, 0.25) is 0 Å². The van der Waals surface area contributed by atoms with E-state index in [1.54, 1.807) is 11.8 Å². The Balaban J connectivity index is 1.69. The lowest BCUT2D eigenvalue weighted by molar-refractivity contribution is -0.142. The summed E-state index contributed by atoms with van der Waals surface area (Å²) in [4.78, 5) is 17.2. The molecule has 1 aromatic heterocycles. The first kappa shape index (κ1) is 17.5. The molecule has 8 heteroatoms. The number of hydrogen-bond acceptors (Lipinski definition) is 7. The lowest BCUT2D eigenvalue weighted by Crippen LogP contribution is -2.31. The van der Waals surface area contributed by atoms with E-state index in [1.165, 1.54) is 6.33 Å². The fourth-order valence-corrected chi connectivity index (χ4v) is 3.56. The Morgan fingerprint density at radius 2 is 2.26 bits per heavy atom. The zero-order valence-electron chi connectivity index (χ0n) is 15.3. The van der Waals surface area contributed by atoms with Crippen molar-refractivity contribution in [3.63, 3.8) is 0 Å². The van der Waals surface area contributed by atoms with E-state index in [2.05, 4.69) is 15.4 Å². The molecule has 0 bridgehead atoms. The molecular formula is C19H22N4O4. The maximum atomic E-state index is 13.0. The lowest BCUT2D eigenvalue weighted by atomic mass is 9.95. The fourth-order valence-electron chi connectivity index (χ4n) is 3.56. The van der Waals surface area contributed by atoms with Crippen LogP contribution in [-0.2, 0) is 14.3 Å². The van der Waals surface area contributed by atoms with Crippen molar-refractivity contribution in [1.29, 1.82) is 0 Å². The summed E-state index contributed by atoms with van der Waals surface area (Å²) >= 11 is 0. The van der Waals surface area contributed by atoms with Gasteiger partial charge >= 0.3 is 5.97 Å². The molecule has 3 heterocycles. The van der Waals surface area contributed by atoms with Crippen molar-refractivity contribution in [3.05, 3.63) is 47.4 Å². The smallest absolute Gasteiger partial charge is 0.338 e. The van der Waals surface area contributed by atoms with Crippen LogP contribution in [0, 0.1) is 0 Å². The highest BCUT2D eigenvalue weighted by Gasteiger charge is 2.36. The number of para-hydroxylation sites is 1. The number of nitrogens with zero attached hydrogens (tertiary/aromatic N) is 3. The number of hydrogen-bond donors (Lipinski definition) is 1. The minimum Gasteiger partial charge on any atom is -0.496 e. The summed E-state index contributed by atoms with van der Waals surface area (Å²) in [5.41, 5.74) is 1.98. The van der Waals surface area contributed by atoms with Crippen LogP contribution in [0.1, 0.15) is 31.4 Å². The minimum absolute atomic E-state index is 0.0296. The van der Waals surface area contributed by atoms with E-state index in [4.69, 9.17) is 14.2 Å². The molecule has 0 unspecified atom stereocenters. The minimum atomic E-state index is -0.489. The predicted molar refractivity (Wildman–Crippen MR) is 97.4 cm³/mol. The van der Waals surface area contributed by atoms with Gasteiger partial charge in [-0.1, -0.05) is 18.2 Å². The second kappa shape index (κ2) is 7.40. The maximum Gasteiger partial charge on any atom is 0.338 e. The molecule has 8 nitrogen and oxygen atoms in total. The van der Waals surface area contributed by atoms with E-state index in [0.717, 1.165) is 25.0 Å². The third kappa shape index (κ3) is 3.28. The lowest BCUT2D eigenvalue weighted by Gasteiger charge is -2.29. The Bertz CT molecular complexity index is 870. The topological polar surface area (TPSA) is 87.5 Å². The van der Waals surface area contributed by atoms with Crippen molar-refractivity contribution in [2.75, 3.05) is 25.6 Å². The summed E-state index contributed by atoms with van der Waals surface area (Å²) < 4.78 is 18.3. The highest BCUT2D eigenvalue weighted by atomic mass is 16.6. The third-order valence-electron chi connectivity index (χ3n) is 4.87. The Hall–Kier alpha value is -2.87. The second-order valence-electron chi connectivity index (χ2n) is 6.57. The number of rotatable bonds is 5. The van der Waals surface area contributed by atoms with Gasteiger partial charge in [0.1, 0.15) is 24.7 Å². The molecule has 1 aromatic carbocycles. The molecule has 2 atom stereocenters. The number of benzene rings is 1. The van der Waals surface area contributed by atoms with E-state index in [1.807, 2.05) is 31.2 Å². The molecule has 27 heavy (non-hydrogen) atoms. The summed E-state index contributed by atoms with van der Waals surface area (Å²) in [5.74, 6) is 0.842. The highest BCUT2D eigenvalue weighted by molar-refractivity contribution is 5.92. The van der Waals surface area contributed by atoms with Crippen LogP contribution in [0.3, 0.4) is 0 Å². The van der Waals surface area contributed by atoms with Gasteiger partial charge < -0.3 is 19.5 Å². The number of ether oxygens (including phenoxy) is 3. The number of anilines is 1. The number of carbonyl (C=O) groups excluding carboxylic acids is 1. The van der Waals surface area contributed by atoms with Gasteiger partial charge in [0, 0.05) is 17.9 Å². The van der Waals surface area contributed by atoms with Crippen LogP contribution in [0.5, 0.6) is 5.75 Å². The molecule has 4 rings (SSSR count). The first-order valence-electron chi connectivity index (χ1n) is 8.98. The first-order chi connectivity index (χ1) is 13.2. The molecule has 1 fully saturated rings. The molecule has 1 saturated heterocycles. The molecule has 1 N–H and O–H groups in total. The van der Waals surface area contributed by atoms with Gasteiger partial charge in [-0.25, -0.2) is 9.48 Å². The second-order valence-corrected chi connectivity index (χ2v) is 6.57.